The summed E-state index contributed by atoms with van der Waals surface area (Å²) >= 11 is 5.60. The van der Waals surface area contributed by atoms with Gasteiger partial charge in [-0.1, -0.05) is 11.6 Å². The van der Waals surface area contributed by atoms with Crippen LogP contribution in [0.5, 0.6) is 0 Å². The highest BCUT2D eigenvalue weighted by molar-refractivity contribution is 6.29. The summed E-state index contributed by atoms with van der Waals surface area (Å²) in [4.78, 5) is 3.74. The average Bonchev–Trinajstić information content (AvgIpc) is 2.17. The molecule has 4 nitrogen and oxygen atoms in total. The standard InChI is InChI=1S/C9H9ClN2O2/c10-8-5-6(2-4-12-8)9(14)7(13)1-3-11/h2,4-5,7,9,13-14H,1H2. The fourth-order valence-corrected chi connectivity index (χ4v) is 1.21. The van der Waals surface area contributed by atoms with Gasteiger partial charge in [0.2, 0.25) is 0 Å². The van der Waals surface area contributed by atoms with Crippen LogP contribution < -0.4 is 0 Å². The Bertz CT molecular complexity index is 351. The van der Waals surface area contributed by atoms with Crippen molar-refractivity contribution in [2.24, 2.45) is 0 Å². The molecule has 14 heavy (non-hydrogen) atoms. The molecule has 0 fully saturated rings. The van der Waals surface area contributed by atoms with E-state index in [0.717, 1.165) is 0 Å². The molecular formula is C9H9ClN2O2. The number of nitrogens with zero attached hydrogens (tertiary/aromatic N) is 2. The Hall–Kier alpha value is -1.15. The smallest absolute Gasteiger partial charge is 0.129 e. The van der Waals surface area contributed by atoms with Crippen molar-refractivity contribution in [2.75, 3.05) is 0 Å². The van der Waals surface area contributed by atoms with E-state index in [-0.39, 0.29) is 11.6 Å². The number of aliphatic hydroxyl groups is 2. The molecule has 0 spiro atoms. The monoisotopic (exact) mass is 212 g/mol. The molecule has 0 bridgehead atoms. The lowest BCUT2D eigenvalue weighted by molar-refractivity contribution is 0.0216. The minimum absolute atomic E-state index is 0.124. The lowest BCUT2D eigenvalue weighted by Crippen LogP contribution is -2.17. The van der Waals surface area contributed by atoms with Crippen LogP contribution in [0.1, 0.15) is 18.1 Å². The van der Waals surface area contributed by atoms with Crippen LogP contribution in [-0.4, -0.2) is 21.3 Å². The third-order valence-electron chi connectivity index (χ3n) is 1.76. The van der Waals surface area contributed by atoms with E-state index in [9.17, 15) is 10.2 Å². The molecule has 0 aromatic carbocycles. The topological polar surface area (TPSA) is 77.1 Å². The molecule has 0 aliphatic carbocycles. The molecule has 2 N–H and O–H groups in total. The Morgan fingerprint density at radius 1 is 1.57 bits per heavy atom. The summed E-state index contributed by atoms with van der Waals surface area (Å²) in [6.45, 7) is 0. The molecule has 74 valence electrons. The number of pyridine rings is 1. The molecule has 2 atom stereocenters. The molecule has 0 aliphatic rings. The zero-order chi connectivity index (χ0) is 10.6. The average molecular weight is 213 g/mol. The van der Waals surface area contributed by atoms with E-state index in [1.54, 1.807) is 6.07 Å². The number of hydrogen-bond acceptors (Lipinski definition) is 4. The minimum Gasteiger partial charge on any atom is -0.389 e. The fourth-order valence-electron chi connectivity index (χ4n) is 1.03. The van der Waals surface area contributed by atoms with Gasteiger partial charge in [-0.2, -0.15) is 5.26 Å². The predicted octanol–water partition coefficient (Wildman–Crippen LogP) is 1.04. The number of nitriles is 1. The number of aliphatic hydroxyl groups excluding tert-OH is 2. The van der Waals surface area contributed by atoms with Gasteiger partial charge in [0.1, 0.15) is 11.3 Å². The summed E-state index contributed by atoms with van der Waals surface area (Å²) in [5, 5.41) is 27.5. The molecule has 5 heteroatoms. The molecular weight excluding hydrogens is 204 g/mol. The van der Waals surface area contributed by atoms with Gasteiger partial charge in [0.05, 0.1) is 18.6 Å². The molecule has 0 saturated carbocycles. The lowest BCUT2D eigenvalue weighted by atomic mass is 10.0. The van der Waals surface area contributed by atoms with E-state index in [4.69, 9.17) is 16.9 Å². The van der Waals surface area contributed by atoms with Gasteiger partial charge in [0.15, 0.2) is 0 Å². The maximum Gasteiger partial charge on any atom is 0.129 e. The van der Waals surface area contributed by atoms with Crippen LogP contribution in [0.2, 0.25) is 5.15 Å². The van der Waals surface area contributed by atoms with Gasteiger partial charge in [-0.25, -0.2) is 4.98 Å². The molecule has 0 saturated heterocycles. The summed E-state index contributed by atoms with van der Waals surface area (Å²) < 4.78 is 0. The van der Waals surface area contributed by atoms with E-state index in [1.807, 2.05) is 0 Å². The molecule has 1 aromatic heterocycles. The van der Waals surface area contributed by atoms with E-state index >= 15 is 0 Å². The molecule has 0 amide bonds. The zero-order valence-corrected chi connectivity index (χ0v) is 8.02. The maximum absolute atomic E-state index is 9.56. The third-order valence-corrected chi connectivity index (χ3v) is 1.96. The van der Waals surface area contributed by atoms with Crippen LogP contribution in [0, 0.1) is 11.3 Å². The van der Waals surface area contributed by atoms with Crippen molar-refractivity contribution in [3.05, 3.63) is 29.0 Å². The maximum atomic E-state index is 9.56. The van der Waals surface area contributed by atoms with Gasteiger partial charge >= 0.3 is 0 Å². The predicted molar refractivity (Wildman–Crippen MR) is 50.4 cm³/mol. The third kappa shape index (κ3) is 2.67. The lowest BCUT2D eigenvalue weighted by Gasteiger charge is -2.15. The first-order valence-electron chi connectivity index (χ1n) is 3.99. The van der Waals surface area contributed by atoms with Gasteiger partial charge < -0.3 is 10.2 Å². The normalized spacial score (nSPS) is 14.4. The molecule has 0 radical (unpaired) electrons. The van der Waals surface area contributed by atoms with Crippen molar-refractivity contribution >= 4 is 11.6 Å². The Morgan fingerprint density at radius 2 is 2.29 bits per heavy atom. The van der Waals surface area contributed by atoms with Crippen molar-refractivity contribution in [1.82, 2.24) is 4.98 Å². The van der Waals surface area contributed by atoms with Gasteiger partial charge in [-0.15, -0.1) is 0 Å². The number of aromatic nitrogens is 1. The van der Waals surface area contributed by atoms with Gasteiger partial charge in [0, 0.05) is 6.20 Å². The first kappa shape index (κ1) is 10.9. The summed E-state index contributed by atoms with van der Waals surface area (Å²) in [6.07, 6.45) is -0.894. The fraction of sp³-hybridized carbons (Fsp3) is 0.333. The minimum atomic E-state index is -1.10. The highest BCUT2D eigenvalue weighted by Crippen LogP contribution is 2.20. The van der Waals surface area contributed by atoms with Gasteiger partial charge in [-0.05, 0) is 17.7 Å². The first-order valence-corrected chi connectivity index (χ1v) is 4.37. The van der Waals surface area contributed by atoms with Crippen LogP contribution in [0.25, 0.3) is 0 Å². The first-order chi connectivity index (χ1) is 6.65. The van der Waals surface area contributed by atoms with Crippen molar-refractivity contribution in [3.8, 4) is 6.07 Å². The summed E-state index contributed by atoms with van der Waals surface area (Å²) in [6, 6.07) is 4.76. The molecule has 1 aromatic rings. The summed E-state index contributed by atoms with van der Waals surface area (Å²) in [5.41, 5.74) is 0.452. The van der Waals surface area contributed by atoms with Crippen LogP contribution in [0.3, 0.4) is 0 Å². The van der Waals surface area contributed by atoms with E-state index < -0.39 is 12.2 Å². The summed E-state index contributed by atoms with van der Waals surface area (Å²) in [5.74, 6) is 0. The van der Waals surface area contributed by atoms with Crippen LogP contribution >= 0.6 is 11.6 Å². The molecule has 1 heterocycles. The quantitative estimate of drug-likeness (QED) is 0.734. The van der Waals surface area contributed by atoms with Crippen molar-refractivity contribution in [3.63, 3.8) is 0 Å². The van der Waals surface area contributed by atoms with Crippen LogP contribution in [0.4, 0.5) is 0 Å². The van der Waals surface area contributed by atoms with E-state index in [0.29, 0.717) is 5.56 Å². The Balaban J connectivity index is 2.79. The van der Waals surface area contributed by atoms with Crippen molar-refractivity contribution in [1.29, 1.82) is 5.26 Å². The second kappa shape index (κ2) is 4.91. The molecule has 0 aliphatic heterocycles. The zero-order valence-electron chi connectivity index (χ0n) is 7.26. The summed E-state index contributed by atoms with van der Waals surface area (Å²) in [7, 11) is 0. The largest absolute Gasteiger partial charge is 0.389 e. The number of halogens is 1. The number of rotatable bonds is 3. The highest BCUT2D eigenvalue weighted by Gasteiger charge is 2.18. The van der Waals surface area contributed by atoms with Crippen LogP contribution in [-0.2, 0) is 0 Å². The Labute approximate surface area is 86.4 Å². The van der Waals surface area contributed by atoms with E-state index in [2.05, 4.69) is 4.98 Å². The van der Waals surface area contributed by atoms with Gasteiger partial charge in [-0.3, -0.25) is 0 Å². The second-order valence-corrected chi connectivity index (χ2v) is 3.17. The van der Waals surface area contributed by atoms with Crippen molar-refractivity contribution < 1.29 is 10.2 Å². The Kier molecular flexibility index (Phi) is 3.84. The molecule has 2 unspecified atom stereocenters. The molecule has 1 rings (SSSR count). The Morgan fingerprint density at radius 3 is 2.86 bits per heavy atom. The SMILES string of the molecule is N#CCC(O)C(O)c1ccnc(Cl)c1. The number of hydrogen-bond donors (Lipinski definition) is 2. The highest BCUT2D eigenvalue weighted by atomic mass is 35.5. The van der Waals surface area contributed by atoms with Crippen molar-refractivity contribution in [2.45, 2.75) is 18.6 Å². The second-order valence-electron chi connectivity index (χ2n) is 2.79. The van der Waals surface area contributed by atoms with E-state index in [1.165, 1.54) is 18.3 Å². The van der Waals surface area contributed by atoms with Crippen LogP contribution in [0.15, 0.2) is 18.3 Å². The van der Waals surface area contributed by atoms with Gasteiger partial charge in [0.25, 0.3) is 0 Å².